The van der Waals surface area contributed by atoms with E-state index >= 15 is 0 Å². The van der Waals surface area contributed by atoms with E-state index in [4.69, 9.17) is 4.74 Å². The Morgan fingerprint density at radius 2 is 1.64 bits per heavy atom. The van der Waals surface area contributed by atoms with Crippen LogP contribution in [0.2, 0.25) is 0 Å². The van der Waals surface area contributed by atoms with E-state index in [0.717, 1.165) is 16.8 Å². The van der Waals surface area contributed by atoms with Crippen molar-refractivity contribution in [3.8, 4) is 5.75 Å². The van der Waals surface area contributed by atoms with Crippen LogP contribution in [-0.2, 0) is 4.79 Å². The number of hydrogen-bond acceptors (Lipinski definition) is 5. The molecule has 2 N–H and O–H groups in total. The van der Waals surface area contributed by atoms with Crippen LogP contribution in [0.25, 0.3) is 6.08 Å². The van der Waals surface area contributed by atoms with Crippen LogP contribution in [0.4, 0.5) is 5.69 Å². The molecule has 168 valence electrons. The summed E-state index contributed by atoms with van der Waals surface area (Å²) in [5.74, 6) is -0.254. The number of benzene rings is 3. The number of amides is 2. The summed E-state index contributed by atoms with van der Waals surface area (Å²) in [6.45, 7) is 0. The number of anilines is 1. The number of carbonyl (C=O) groups excluding carboxylic acids is 2. The zero-order valence-electron chi connectivity index (χ0n) is 18.8. The van der Waals surface area contributed by atoms with E-state index < -0.39 is 11.8 Å². The van der Waals surface area contributed by atoms with Gasteiger partial charge in [0.1, 0.15) is 11.4 Å². The molecule has 7 nitrogen and oxygen atoms in total. The van der Waals surface area contributed by atoms with Gasteiger partial charge in [-0.15, -0.1) is 0 Å². The molecule has 0 saturated carbocycles. The van der Waals surface area contributed by atoms with Crippen LogP contribution < -0.4 is 20.4 Å². The second-order valence-electron chi connectivity index (χ2n) is 7.34. The fourth-order valence-corrected chi connectivity index (χ4v) is 2.93. The third-order valence-corrected chi connectivity index (χ3v) is 4.72. The summed E-state index contributed by atoms with van der Waals surface area (Å²) in [6.07, 6.45) is 3.11. The summed E-state index contributed by atoms with van der Waals surface area (Å²) >= 11 is 0. The maximum absolute atomic E-state index is 12.9. The number of rotatable bonds is 8. The van der Waals surface area contributed by atoms with E-state index in [1.54, 1.807) is 43.5 Å². The topological polar surface area (TPSA) is 83.0 Å². The predicted octanol–water partition coefficient (Wildman–Crippen LogP) is 3.68. The van der Waals surface area contributed by atoms with E-state index in [9.17, 15) is 9.59 Å². The fraction of sp³-hybridized carbons (Fsp3) is 0.115. The molecule has 2 amide bonds. The Kier molecular flexibility index (Phi) is 7.96. The summed E-state index contributed by atoms with van der Waals surface area (Å²) < 4.78 is 5.19. The zero-order valence-corrected chi connectivity index (χ0v) is 18.8. The molecule has 7 heteroatoms. The van der Waals surface area contributed by atoms with Gasteiger partial charge in [-0.3, -0.25) is 9.59 Å². The van der Waals surface area contributed by atoms with Crippen LogP contribution in [0, 0.1) is 0 Å². The standard InChI is InChI=1S/C26H26N4O3/c1-30(2)22-14-12-19(13-15-22)17-24(28-25(31)21-9-5-4-6-10-21)26(32)29-27-18-20-8-7-11-23(16-20)33-3/h4-18H,1-3H3,(H,28,31)(H,29,32). The molecule has 0 unspecified atom stereocenters. The first-order valence-electron chi connectivity index (χ1n) is 10.3. The number of nitrogens with one attached hydrogen (secondary N) is 2. The summed E-state index contributed by atoms with van der Waals surface area (Å²) in [5.41, 5.74) is 5.53. The molecular formula is C26H26N4O3. The third-order valence-electron chi connectivity index (χ3n) is 4.72. The Labute approximate surface area is 193 Å². The van der Waals surface area contributed by atoms with Gasteiger partial charge in [-0.2, -0.15) is 5.10 Å². The summed E-state index contributed by atoms with van der Waals surface area (Å²) in [6, 6.07) is 23.6. The summed E-state index contributed by atoms with van der Waals surface area (Å²) in [5, 5.41) is 6.71. The first-order chi connectivity index (χ1) is 16.0. The summed E-state index contributed by atoms with van der Waals surface area (Å²) in [4.78, 5) is 27.5. The first-order valence-corrected chi connectivity index (χ1v) is 10.3. The lowest BCUT2D eigenvalue weighted by atomic mass is 10.1. The second-order valence-corrected chi connectivity index (χ2v) is 7.34. The van der Waals surface area contributed by atoms with E-state index in [-0.39, 0.29) is 5.70 Å². The minimum atomic E-state index is -0.546. The van der Waals surface area contributed by atoms with Gasteiger partial charge < -0.3 is 15.0 Å². The highest BCUT2D eigenvalue weighted by Gasteiger charge is 2.14. The molecule has 0 aliphatic carbocycles. The van der Waals surface area contributed by atoms with Crippen LogP contribution in [0.1, 0.15) is 21.5 Å². The van der Waals surface area contributed by atoms with Gasteiger partial charge in [0.05, 0.1) is 13.3 Å². The molecule has 33 heavy (non-hydrogen) atoms. The van der Waals surface area contributed by atoms with Gasteiger partial charge in [0.25, 0.3) is 11.8 Å². The Morgan fingerprint density at radius 1 is 0.909 bits per heavy atom. The molecule has 0 heterocycles. The highest BCUT2D eigenvalue weighted by Crippen LogP contribution is 2.15. The Hall–Kier alpha value is -4.39. The van der Waals surface area contributed by atoms with Crippen molar-refractivity contribution in [1.29, 1.82) is 0 Å². The maximum atomic E-state index is 12.9. The minimum absolute atomic E-state index is 0.0734. The third kappa shape index (κ3) is 6.80. The number of ether oxygens (including phenoxy) is 1. The molecular weight excluding hydrogens is 416 g/mol. The number of hydrazone groups is 1. The van der Waals surface area contributed by atoms with E-state index in [2.05, 4.69) is 15.8 Å². The fourth-order valence-electron chi connectivity index (χ4n) is 2.93. The van der Waals surface area contributed by atoms with E-state index in [0.29, 0.717) is 11.3 Å². The molecule has 0 atom stereocenters. The van der Waals surface area contributed by atoms with Crippen molar-refractivity contribution >= 4 is 29.8 Å². The molecule has 3 aromatic rings. The Balaban J connectivity index is 1.81. The van der Waals surface area contributed by atoms with Crippen molar-refractivity contribution in [2.24, 2.45) is 5.10 Å². The molecule has 0 saturated heterocycles. The van der Waals surface area contributed by atoms with Gasteiger partial charge >= 0.3 is 0 Å². The SMILES string of the molecule is COc1cccc(C=NNC(=O)C(=Cc2ccc(N(C)C)cc2)NC(=O)c2ccccc2)c1. The number of methoxy groups -OCH3 is 1. The molecule has 0 fully saturated rings. The largest absolute Gasteiger partial charge is 0.497 e. The maximum Gasteiger partial charge on any atom is 0.287 e. The van der Waals surface area contributed by atoms with Gasteiger partial charge in [0.2, 0.25) is 0 Å². The van der Waals surface area contributed by atoms with Crippen LogP contribution in [0.15, 0.2) is 89.7 Å². The highest BCUT2D eigenvalue weighted by atomic mass is 16.5. The Morgan fingerprint density at radius 3 is 2.30 bits per heavy atom. The van der Waals surface area contributed by atoms with Crippen molar-refractivity contribution in [3.63, 3.8) is 0 Å². The molecule has 0 bridgehead atoms. The molecule has 0 aliphatic heterocycles. The molecule has 0 radical (unpaired) electrons. The van der Waals surface area contributed by atoms with Crippen molar-refractivity contribution < 1.29 is 14.3 Å². The highest BCUT2D eigenvalue weighted by molar-refractivity contribution is 6.05. The quantitative estimate of drug-likeness (QED) is 0.317. The number of carbonyl (C=O) groups is 2. The molecule has 3 rings (SSSR count). The van der Waals surface area contributed by atoms with Gasteiger partial charge in [-0.05, 0) is 53.6 Å². The van der Waals surface area contributed by atoms with Crippen molar-refractivity contribution in [3.05, 3.63) is 101 Å². The lowest BCUT2D eigenvalue weighted by molar-refractivity contribution is -0.117. The first kappa shape index (κ1) is 23.3. The molecule has 0 aliphatic rings. The number of nitrogens with zero attached hydrogens (tertiary/aromatic N) is 2. The normalized spacial score (nSPS) is 11.2. The summed E-state index contributed by atoms with van der Waals surface area (Å²) in [7, 11) is 5.48. The average molecular weight is 443 g/mol. The molecule has 0 spiro atoms. The zero-order chi connectivity index (χ0) is 23.6. The van der Waals surface area contributed by atoms with Crippen LogP contribution >= 0.6 is 0 Å². The van der Waals surface area contributed by atoms with Crippen LogP contribution in [0.3, 0.4) is 0 Å². The van der Waals surface area contributed by atoms with Crippen LogP contribution in [-0.4, -0.2) is 39.2 Å². The predicted molar refractivity (Wildman–Crippen MR) is 131 cm³/mol. The van der Waals surface area contributed by atoms with E-state index in [1.165, 1.54) is 6.21 Å². The lowest BCUT2D eigenvalue weighted by Crippen LogP contribution is -2.32. The Bertz CT molecular complexity index is 1150. The minimum Gasteiger partial charge on any atom is -0.497 e. The van der Waals surface area contributed by atoms with Crippen molar-refractivity contribution in [1.82, 2.24) is 10.7 Å². The van der Waals surface area contributed by atoms with Gasteiger partial charge in [0.15, 0.2) is 0 Å². The number of hydrogen-bond donors (Lipinski definition) is 2. The van der Waals surface area contributed by atoms with Gasteiger partial charge in [-0.1, -0.05) is 42.5 Å². The monoisotopic (exact) mass is 442 g/mol. The molecule has 0 aromatic heterocycles. The van der Waals surface area contributed by atoms with Crippen molar-refractivity contribution in [2.75, 3.05) is 26.1 Å². The van der Waals surface area contributed by atoms with Crippen molar-refractivity contribution in [2.45, 2.75) is 0 Å². The van der Waals surface area contributed by atoms with Gasteiger partial charge in [0, 0.05) is 25.3 Å². The lowest BCUT2D eigenvalue weighted by Gasteiger charge is -2.12. The molecule has 3 aromatic carbocycles. The van der Waals surface area contributed by atoms with Crippen LogP contribution in [0.5, 0.6) is 5.75 Å². The second kappa shape index (κ2) is 11.3. The van der Waals surface area contributed by atoms with Gasteiger partial charge in [-0.25, -0.2) is 5.43 Å². The van der Waals surface area contributed by atoms with E-state index in [1.807, 2.05) is 67.5 Å². The average Bonchev–Trinajstić information content (AvgIpc) is 2.84. The smallest absolute Gasteiger partial charge is 0.287 e.